The number of aliphatic imine (C=N–C) groups is 2. The predicted octanol–water partition coefficient (Wildman–Crippen LogP) is 8.10. The summed E-state index contributed by atoms with van der Waals surface area (Å²) in [6, 6.07) is 40.5. The van der Waals surface area contributed by atoms with E-state index in [0.29, 0.717) is 11.7 Å². The third-order valence-electron chi connectivity index (χ3n) is 8.65. The van der Waals surface area contributed by atoms with Crippen LogP contribution in [-0.2, 0) is 5.41 Å². The van der Waals surface area contributed by atoms with Crippen LogP contribution in [0.3, 0.4) is 0 Å². The van der Waals surface area contributed by atoms with Crippen LogP contribution >= 0.6 is 0 Å². The topological polar surface area (TPSA) is 62.5 Å². The van der Waals surface area contributed by atoms with Gasteiger partial charge in [-0.1, -0.05) is 98.8 Å². The Morgan fingerprint density at radius 1 is 0.581 bits per heavy atom. The van der Waals surface area contributed by atoms with Gasteiger partial charge in [0.05, 0.1) is 0 Å². The normalized spacial score (nSPS) is 15.3. The van der Waals surface area contributed by atoms with Crippen molar-refractivity contribution in [3.63, 3.8) is 0 Å². The Hall–Kier alpha value is -5.42. The second-order valence-corrected chi connectivity index (χ2v) is 11.6. The van der Waals surface area contributed by atoms with E-state index in [-0.39, 0.29) is 5.41 Å². The van der Waals surface area contributed by atoms with E-state index in [9.17, 15) is 0 Å². The fraction of sp³-hybridized carbons (Fsp3) is 0.105. The Morgan fingerprint density at radius 2 is 1.21 bits per heavy atom. The van der Waals surface area contributed by atoms with Gasteiger partial charge in [0.1, 0.15) is 11.4 Å². The summed E-state index contributed by atoms with van der Waals surface area (Å²) in [5.74, 6) is 1.37. The average molecular weight is 556 g/mol. The van der Waals surface area contributed by atoms with E-state index < -0.39 is 6.17 Å². The van der Waals surface area contributed by atoms with Crippen LogP contribution in [0.1, 0.15) is 48.1 Å². The van der Waals surface area contributed by atoms with Gasteiger partial charge in [0, 0.05) is 17.8 Å². The summed E-state index contributed by atoms with van der Waals surface area (Å²) < 4.78 is 0. The van der Waals surface area contributed by atoms with E-state index in [2.05, 4.69) is 108 Å². The van der Waals surface area contributed by atoms with Crippen molar-refractivity contribution in [1.82, 2.24) is 15.3 Å². The molecule has 0 bridgehead atoms. The number of hydrogen-bond donors (Lipinski definition) is 1. The molecule has 2 aliphatic rings. The molecule has 43 heavy (non-hydrogen) atoms. The summed E-state index contributed by atoms with van der Waals surface area (Å²) in [5.41, 5.74) is 10.1. The summed E-state index contributed by atoms with van der Waals surface area (Å²) >= 11 is 0. The van der Waals surface area contributed by atoms with Gasteiger partial charge in [-0.25, -0.2) is 9.98 Å². The summed E-state index contributed by atoms with van der Waals surface area (Å²) in [7, 11) is 0. The van der Waals surface area contributed by atoms with E-state index >= 15 is 0 Å². The van der Waals surface area contributed by atoms with Gasteiger partial charge >= 0.3 is 0 Å². The summed E-state index contributed by atoms with van der Waals surface area (Å²) in [5, 5.41) is 5.91. The molecule has 1 N–H and O–H groups in total. The van der Waals surface area contributed by atoms with E-state index in [1.165, 1.54) is 44.2 Å². The maximum atomic E-state index is 5.03. The van der Waals surface area contributed by atoms with Crippen LogP contribution in [0.15, 0.2) is 138 Å². The molecule has 5 nitrogen and oxygen atoms in total. The van der Waals surface area contributed by atoms with Crippen LogP contribution in [0, 0.1) is 0 Å². The number of amidine groups is 2. The first-order chi connectivity index (χ1) is 21.1. The maximum Gasteiger partial charge on any atom is 0.169 e. The van der Waals surface area contributed by atoms with E-state index in [0.717, 1.165) is 17.0 Å². The van der Waals surface area contributed by atoms with E-state index in [4.69, 9.17) is 9.98 Å². The molecule has 0 saturated carbocycles. The fourth-order valence-electron chi connectivity index (χ4n) is 6.43. The molecule has 1 aliphatic carbocycles. The van der Waals surface area contributed by atoms with Gasteiger partial charge in [0.2, 0.25) is 0 Å². The molecule has 0 saturated heterocycles. The first-order valence-corrected chi connectivity index (χ1v) is 14.6. The van der Waals surface area contributed by atoms with Crippen molar-refractivity contribution in [2.45, 2.75) is 25.4 Å². The number of aromatic nitrogens is 2. The molecule has 0 atom stereocenters. The lowest BCUT2D eigenvalue weighted by molar-refractivity contribution is 0.656. The molecular weight excluding hydrogens is 526 g/mol. The number of rotatable bonds is 4. The number of nitrogens with zero attached hydrogens (tertiary/aromatic N) is 4. The number of hydrogen-bond acceptors (Lipinski definition) is 5. The molecule has 2 aromatic heterocycles. The highest BCUT2D eigenvalue weighted by Crippen LogP contribution is 2.50. The van der Waals surface area contributed by atoms with Crippen LogP contribution < -0.4 is 5.32 Å². The zero-order chi connectivity index (χ0) is 29.0. The van der Waals surface area contributed by atoms with Crippen molar-refractivity contribution in [1.29, 1.82) is 0 Å². The fourth-order valence-corrected chi connectivity index (χ4v) is 6.43. The van der Waals surface area contributed by atoms with E-state index in [1.807, 2.05) is 36.4 Å². The van der Waals surface area contributed by atoms with Crippen molar-refractivity contribution in [2.75, 3.05) is 0 Å². The first-order valence-electron chi connectivity index (χ1n) is 14.6. The molecule has 0 unspecified atom stereocenters. The molecule has 1 aliphatic heterocycles. The van der Waals surface area contributed by atoms with Crippen LogP contribution in [0.2, 0.25) is 0 Å². The van der Waals surface area contributed by atoms with Crippen molar-refractivity contribution < 1.29 is 0 Å². The van der Waals surface area contributed by atoms with Gasteiger partial charge in [0.25, 0.3) is 0 Å². The molecule has 5 heteroatoms. The highest BCUT2D eigenvalue weighted by molar-refractivity contribution is 6.14. The zero-order valence-electron chi connectivity index (χ0n) is 24.0. The summed E-state index contributed by atoms with van der Waals surface area (Å²) in [4.78, 5) is 19.2. The molecule has 0 amide bonds. The van der Waals surface area contributed by atoms with Gasteiger partial charge in [-0.2, -0.15) is 0 Å². The van der Waals surface area contributed by atoms with Crippen LogP contribution in [0.4, 0.5) is 0 Å². The zero-order valence-corrected chi connectivity index (χ0v) is 24.0. The van der Waals surface area contributed by atoms with Crippen LogP contribution in [0.25, 0.3) is 33.0 Å². The Labute approximate surface area is 250 Å². The van der Waals surface area contributed by atoms with Gasteiger partial charge in [-0.15, -0.1) is 0 Å². The number of pyridine rings is 2. The minimum atomic E-state index is -0.425. The Kier molecular flexibility index (Phi) is 5.79. The van der Waals surface area contributed by atoms with Crippen molar-refractivity contribution in [2.24, 2.45) is 9.98 Å². The van der Waals surface area contributed by atoms with Gasteiger partial charge in [-0.05, 0) is 80.0 Å². The maximum absolute atomic E-state index is 5.03. The minimum Gasteiger partial charge on any atom is -0.322 e. The second-order valence-electron chi connectivity index (χ2n) is 11.6. The van der Waals surface area contributed by atoms with Crippen molar-refractivity contribution in [3.8, 4) is 22.3 Å². The van der Waals surface area contributed by atoms with Gasteiger partial charge in [0.15, 0.2) is 17.8 Å². The highest BCUT2D eigenvalue weighted by Gasteiger charge is 2.36. The molecule has 3 heterocycles. The van der Waals surface area contributed by atoms with Crippen LogP contribution in [0.5, 0.6) is 0 Å². The number of benzene rings is 4. The molecule has 8 rings (SSSR count). The summed E-state index contributed by atoms with van der Waals surface area (Å²) in [6.07, 6.45) is 3.14. The third kappa shape index (κ3) is 4.24. The van der Waals surface area contributed by atoms with Crippen molar-refractivity contribution in [3.05, 3.63) is 156 Å². The lowest BCUT2D eigenvalue weighted by Gasteiger charge is -2.24. The average Bonchev–Trinajstić information content (AvgIpc) is 3.30. The largest absolute Gasteiger partial charge is 0.322 e. The Balaban J connectivity index is 1.22. The molecule has 0 spiro atoms. The van der Waals surface area contributed by atoms with E-state index in [1.54, 1.807) is 12.4 Å². The van der Waals surface area contributed by atoms with Gasteiger partial charge in [-0.3, -0.25) is 9.97 Å². The minimum absolute atomic E-state index is 0.185. The molecular formula is C38H29N5. The Morgan fingerprint density at radius 3 is 1.91 bits per heavy atom. The SMILES string of the molecule is CC1(C)c2cc(-c3cccc4ccccc34)ccc2-c2ccc(C3N=C(c4ccccn4)NC(c4ccccn4)=N3)cc21. The Bertz CT molecular complexity index is 2020. The lowest BCUT2D eigenvalue weighted by Crippen LogP contribution is -2.37. The van der Waals surface area contributed by atoms with Crippen LogP contribution in [-0.4, -0.2) is 21.6 Å². The second kappa shape index (κ2) is 9.85. The quantitative estimate of drug-likeness (QED) is 0.239. The smallest absolute Gasteiger partial charge is 0.169 e. The van der Waals surface area contributed by atoms with Crippen molar-refractivity contribution >= 4 is 22.4 Å². The first kappa shape index (κ1) is 25.3. The molecule has 206 valence electrons. The van der Waals surface area contributed by atoms with Gasteiger partial charge < -0.3 is 5.32 Å². The molecule has 0 fully saturated rings. The molecule has 6 aromatic rings. The monoisotopic (exact) mass is 555 g/mol. The number of nitrogens with one attached hydrogen (secondary N) is 1. The standard InChI is InChI=1S/C38H29N5/c1-38(2)31-22-25(28-13-9-11-24-10-3-4-12-27(24)28)16-18-29(31)30-19-17-26(23-32(30)38)35-41-36(33-14-5-7-20-39-33)43-37(42-35)34-15-6-8-21-40-34/h3-23,35H,1-2H3,(H,41,42,43). The highest BCUT2D eigenvalue weighted by atomic mass is 15.2. The molecule has 0 radical (unpaired) electrons. The lowest BCUT2D eigenvalue weighted by atomic mass is 9.81. The third-order valence-corrected chi connectivity index (χ3v) is 8.65. The summed E-state index contributed by atoms with van der Waals surface area (Å²) in [6.45, 7) is 4.64. The number of fused-ring (bicyclic) bond motifs is 4. The molecule has 4 aromatic carbocycles. The predicted molar refractivity (Wildman–Crippen MR) is 174 cm³/mol.